The number of benzene rings is 2. The molecule has 0 spiro atoms. The van der Waals surface area contributed by atoms with Crippen LogP contribution in [0.25, 0.3) is 10.9 Å². The molecule has 0 atom stereocenters. The fraction of sp³-hybridized carbons (Fsp3) is 0.111. The molecule has 112 valence electrons. The number of halogens is 2. The molecule has 0 N–H and O–H groups in total. The zero-order valence-electron chi connectivity index (χ0n) is 12.1. The van der Waals surface area contributed by atoms with Crippen LogP contribution in [0.4, 0.5) is 0 Å². The molecule has 0 saturated heterocycles. The van der Waals surface area contributed by atoms with E-state index in [-0.39, 0.29) is 22.8 Å². The number of aromatic nitrogens is 1. The van der Waals surface area contributed by atoms with Crippen molar-refractivity contribution < 1.29 is 26.3 Å². The van der Waals surface area contributed by atoms with E-state index in [4.69, 9.17) is 0 Å². The first kappa shape index (κ1) is 16.8. The molecule has 0 fully saturated rings. The minimum absolute atomic E-state index is 0. The molecule has 0 aliphatic heterocycles. The lowest BCUT2D eigenvalue weighted by molar-refractivity contribution is -0.657. The molecule has 0 radical (unpaired) electrons. The van der Waals surface area contributed by atoms with Gasteiger partial charge in [0.2, 0.25) is 17.8 Å². The van der Waals surface area contributed by atoms with Gasteiger partial charge in [-0.3, -0.25) is 4.79 Å². The second-order valence-electron chi connectivity index (χ2n) is 5.08. The standard InChI is InChI=1S/C18H15BrNO.BrH/c1-13-9-10-20(17-8-3-2-7-16(13)17)12-18(21)14-5-4-6-15(19)11-14;/h2-11H,12H2,1H3;1H/q+1;/p-1. The normalized spacial score (nSPS) is 10.3. The van der Waals surface area contributed by atoms with Crippen molar-refractivity contribution in [3.63, 3.8) is 0 Å². The van der Waals surface area contributed by atoms with Gasteiger partial charge in [-0.05, 0) is 30.7 Å². The molecule has 0 saturated carbocycles. The molecule has 1 aromatic heterocycles. The molecule has 0 bridgehead atoms. The van der Waals surface area contributed by atoms with Crippen LogP contribution >= 0.6 is 15.9 Å². The number of hydrogen-bond acceptors (Lipinski definition) is 1. The molecule has 22 heavy (non-hydrogen) atoms. The van der Waals surface area contributed by atoms with E-state index in [1.54, 1.807) is 0 Å². The van der Waals surface area contributed by atoms with Crippen molar-refractivity contribution in [1.82, 2.24) is 0 Å². The van der Waals surface area contributed by atoms with Crippen molar-refractivity contribution in [2.45, 2.75) is 13.5 Å². The molecule has 0 unspecified atom stereocenters. The summed E-state index contributed by atoms with van der Waals surface area (Å²) in [5.74, 6) is 0.107. The van der Waals surface area contributed by atoms with Gasteiger partial charge in [-0.2, -0.15) is 4.57 Å². The van der Waals surface area contributed by atoms with E-state index >= 15 is 0 Å². The zero-order chi connectivity index (χ0) is 14.8. The maximum Gasteiger partial charge on any atom is 0.227 e. The molecule has 0 aliphatic carbocycles. The molecule has 0 aliphatic rings. The van der Waals surface area contributed by atoms with Gasteiger partial charge in [0.25, 0.3) is 0 Å². The number of fused-ring (bicyclic) bond motifs is 1. The number of carbonyl (C=O) groups excluding carboxylic acids is 1. The number of hydrogen-bond donors (Lipinski definition) is 0. The Morgan fingerprint density at radius 1 is 1.09 bits per heavy atom. The summed E-state index contributed by atoms with van der Waals surface area (Å²) in [6.07, 6.45) is 1.98. The lowest BCUT2D eigenvalue weighted by Crippen LogP contribution is -3.00. The summed E-state index contributed by atoms with van der Waals surface area (Å²) in [7, 11) is 0. The van der Waals surface area contributed by atoms with E-state index in [1.807, 2.05) is 47.2 Å². The van der Waals surface area contributed by atoms with Crippen molar-refractivity contribution in [2.24, 2.45) is 0 Å². The van der Waals surface area contributed by atoms with Crippen LogP contribution in [0.2, 0.25) is 0 Å². The van der Waals surface area contributed by atoms with Crippen molar-refractivity contribution in [2.75, 3.05) is 0 Å². The third-order valence-corrected chi connectivity index (χ3v) is 4.10. The monoisotopic (exact) mass is 419 g/mol. The molecule has 3 aromatic rings. The highest BCUT2D eigenvalue weighted by molar-refractivity contribution is 9.10. The largest absolute Gasteiger partial charge is 1.00 e. The van der Waals surface area contributed by atoms with Gasteiger partial charge in [0.1, 0.15) is 0 Å². The maximum atomic E-state index is 12.5. The van der Waals surface area contributed by atoms with E-state index in [0.29, 0.717) is 6.54 Å². The molecule has 0 amide bonds. The van der Waals surface area contributed by atoms with Gasteiger partial charge in [-0.1, -0.05) is 40.2 Å². The molecular weight excluding hydrogens is 406 g/mol. The van der Waals surface area contributed by atoms with Crippen LogP contribution < -0.4 is 21.5 Å². The molecule has 2 aromatic carbocycles. The van der Waals surface area contributed by atoms with E-state index in [1.165, 1.54) is 10.9 Å². The molecule has 3 rings (SSSR count). The summed E-state index contributed by atoms with van der Waals surface area (Å²) >= 11 is 3.41. The summed E-state index contributed by atoms with van der Waals surface area (Å²) in [6, 6.07) is 17.7. The summed E-state index contributed by atoms with van der Waals surface area (Å²) in [5.41, 5.74) is 3.03. The van der Waals surface area contributed by atoms with Crippen LogP contribution in [0, 0.1) is 6.92 Å². The van der Waals surface area contributed by atoms with Crippen molar-refractivity contribution >= 4 is 32.6 Å². The Labute approximate surface area is 148 Å². The highest BCUT2D eigenvalue weighted by Crippen LogP contribution is 2.15. The Morgan fingerprint density at radius 3 is 2.64 bits per heavy atom. The topological polar surface area (TPSA) is 20.9 Å². The zero-order valence-corrected chi connectivity index (χ0v) is 15.3. The predicted octanol–water partition coefficient (Wildman–Crippen LogP) is 1.09. The number of rotatable bonds is 3. The number of nitrogens with zero attached hydrogens (tertiary/aromatic N) is 1. The van der Waals surface area contributed by atoms with Crippen LogP contribution in [-0.2, 0) is 6.54 Å². The third-order valence-electron chi connectivity index (χ3n) is 3.60. The Kier molecular flexibility index (Phi) is 5.48. The quantitative estimate of drug-likeness (QED) is 0.459. The Bertz CT molecular complexity index is 830. The Balaban J connectivity index is 0.00000176. The van der Waals surface area contributed by atoms with E-state index in [2.05, 4.69) is 41.1 Å². The van der Waals surface area contributed by atoms with E-state index in [9.17, 15) is 4.79 Å². The number of carbonyl (C=O) groups is 1. The van der Waals surface area contributed by atoms with E-state index < -0.39 is 0 Å². The average Bonchev–Trinajstić information content (AvgIpc) is 2.50. The second-order valence-corrected chi connectivity index (χ2v) is 5.99. The summed E-state index contributed by atoms with van der Waals surface area (Å²) in [4.78, 5) is 12.5. The van der Waals surface area contributed by atoms with Crippen LogP contribution in [0.5, 0.6) is 0 Å². The fourth-order valence-corrected chi connectivity index (χ4v) is 2.87. The van der Waals surface area contributed by atoms with Crippen molar-refractivity contribution in [1.29, 1.82) is 0 Å². The lowest BCUT2D eigenvalue weighted by Gasteiger charge is -2.04. The number of Topliss-reactive ketones (excluding diaryl/α,β-unsaturated/α-hetero) is 1. The Morgan fingerprint density at radius 2 is 1.86 bits per heavy atom. The average molecular weight is 421 g/mol. The van der Waals surface area contributed by atoms with Gasteiger partial charge >= 0.3 is 0 Å². The predicted molar refractivity (Wildman–Crippen MR) is 87.4 cm³/mol. The highest BCUT2D eigenvalue weighted by Gasteiger charge is 2.16. The smallest absolute Gasteiger partial charge is 0.227 e. The lowest BCUT2D eigenvalue weighted by atomic mass is 10.1. The van der Waals surface area contributed by atoms with Crippen LogP contribution in [0.3, 0.4) is 0 Å². The number of ketones is 1. The first-order valence-corrected chi connectivity index (χ1v) is 7.61. The van der Waals surface area contributed by atoms with Gasteiger partial charge in [0, 0.05) is 27.6 Å². The number of aryl methyl sites for hydroxylation is 1. The number of para-hydroxylation sites is 1. The number of pyridine rings is 1. The van der Waals surface area contributed by atoms with Crippen LogP contribution in [0.15, 0.2) is 65.3 Å². The third kappa shape index (κ3) is 3.45. The molecule has 2 nitrogen and oxygen atoms in total. The first-order valence-electron chi connectivity index (χ1n) is 6.82. The van der Waals surface area contributed by atoms with Gasteiger partial charge < -0.3 is 17.0 Å². The highest BCUT2D eigenvalue weighted by atomic mass is 79.9. The first-order chi connectivity index (χ1) is 10.1. The summed E-state index contributed by atoms with van der Waals surface area (Å²) < 4.78 is 2.93. The van der Waals surface area contributed by atoms with Crippen LogP contribution in [-0.4, -0.2) is 5.78 Å². The van der Waals surface area contributed by atoms with Gasteiger partial charge in [0.15, 0.2) is 6.20 Å². The van der Waals surface area contributed by atoms with Gasteiger partial charge in [-0.15, -0.1) is 0 Å². The van der Waals surface area contributed by atoms with E-state index in [0.717, 1.165) is 15.6 Å². The molecular formula is C18H15Br2NO. The van der Waals surface area contributed by atoms with Crippen molar-refractivity contribution in [3.8, 4) is 0 Å². The van der Waals surface area contributed by atoms with Gasteiger partial charge in [0.05, 0.1) is 0 Å². The van der Waals surface area contributed by atoms with Crippen molar-refractivity contribution in [3.05, 3.63) is 76.4 Å². The summed E-state index contributed by atoms with van der Waals surface area (Å²) in [6.45, 7) is 2.43. The maximum absolute atomic E-state index is 12.5. The minimum atomic E-state index is 0. The molecule has 4 heteroatoms. The fourth-order valence-electron chi connectivity index (χ4n) is 2.48. The van der Waals surface area contributed by atoms with Crippen LogP contribution in [0.1, 0.15) is 15.9 Å². The minimum Gasteiger partial charge on any atom is -1.00 e. The molecule has 1 heterocycles. The Hall–Kier alpha value is -1.52. The SMILES string of the molecule is Cc1cc[n+](CC(=O)c2cccc(Br)c2)c2ccccc12.[Br-]. The second kappa shape index (κ2) is 7.16. The summed E-state index contributed by atoms with van der Waals surface area (Å²) in [5, 5.41) is 1.18. The van der Waals surface area contributed by atoms with Gasteiger partial charge in [-0.25, -0.2) is 0 Å².